The van der Waals surface area contributed by atoms with Crippen molar-refractivity contribution in [3.63, 3.8) is 0 Å². The summed E-state index contributed by atoms with van der Waals surface area (Å²) in [6.07, 6.45) is 2.31. The van der Waals surface area contributed by atoms with Gasteiger partial charge in [-0.1, -0.05) is 13.0 Å². The molecule has 1 heterocycles. The highest BCUT2D eigenvalue weighted by molar-refractivity contribution is 6.14. The number of carbonyl (C=O) groups excluding carboxylic acids is 3. The van der Waals surface area contributed by atoms with Crippen LogP contribution in [0.1, 0.15) is 33.6 Å². The van der Waals surface area contributed by atoms with Crippen LogP contribution in [0.4, 0.5) is 0 Å². The Labute approximate surface area is 142 Å². The monoisotopic (exact) mass is 339 g/mol. The summed E-state index contributed by atoms with van der Waals surface area (Å²) < 4.78 is 14.8. The molecular formula is C17H25NO6. The fraction of sp³-hybridized carbons (Fsp3) is 0.588. The number of allylic oxidation sites excluding steroid dienone is 1. The Hall–Kier alpha value is -2.31. The molecule has 24 heavy (non-hydrogen) atoms. The average Bonchev–Trinajstić information content (AvgIpc) is 3.00. The molecule has 0 aromatic carbocycles. The van der Waals surface area contributed by atoms with Gasteiger partial charge in [0.15, 0.2) is 5.57 Å². The lowest BCUT2D eigenvalue weighted by atomic mass is 9.84. The summed E-state index contributed by atoms with van der Waals surface area (Å²) in [5.74, 6) is -2.29. The fourth-order valence-electron chi connectivity index (χ4n) is 2.70. The van der Waals surface area contributed by atoms with Crippen LogP contribution in [0.5, 0.6) is 0 Å². The number of carbonyl (C=O) groups is 3. The molecule has 7 nitrogen and oxygen atoms in total. The number of hydrogen-bond acceptors (Lipinski definition) is 7. The van der Waals surface area contributed by atoms with E-state index >= 15 is 0 Å². The molecule has 0 aromatic heterocycles. The molecule has 0 unspecified atom stereocenters. The molecule has 0 spiro atoms. The van der Waals surface area contributed by atoms with Crippen molar-refractivity contribution in [1.29, 1.82) is 0 Å². The van der Waals surface area contributed by atoms with Gasteiger partial charge < -0.3 is 19.5 Å². The van der Waals surface area contributed by atoms with E-state index in [9.17, 15) is 14.4 Å². The van der Waals surface area contributed by atoms with Gasteiger partial charge >= 0.3 is 17.9 Å². The van der Waals surface area contributed by atoms with Crippen LogP contribution in [0.25, 0.3) is 0 Å². The Bertz CT molecular complexity index is 533. The van der Waals surface area contributed by atoms with Gasteiger partial charge in [0, 0.05) is 11.6 Å². The number of esters is 3. The Balaban J connectivity index is 3.31. The van der Waals surface area contributed by atoms with Crippen LogP contribution in [-0.4, -0.2) is 43.8 Å². The van der Waals surface area contributed by atoms with E-state index < -0.39 is 23.4 Å². The van der Waals surface area contributed by atoms with Gasteiger partial charge in [-0.25, -0.2) is 14.4 Å². The Morgan fingerprint density at radius 3 is 2.21 bits per heavy atom. The third-order valence-electron chi connectivity index (χ3n) is 4.08. The Kier molecular flexibility index (Phi) is 7.00. The molecule has 1 fully saturated rings. The third kappa shape index (κ3) is 3.77. The number of rotatable bonds is 7. The molecule has 0 aromatic rings. The van der Waals surface area contributed by atoms with Crippen molar-refractivity contribution >= 4 is 17.9 Å². The highest BCUT2D eigenvalue weighted by Crippen LogP contribution is 2.35. The van der Waals surface area contributed by atoms with E-state index in [1.165, 1.54) is 7.11 Å². The van der Waals surface area contributed by atoms with Crippen molar-refractivity contribution in [1.82, 2.24) is 5.32 Å². The van der Waals surface area contributed by atoms with E-state index in [0.717, 1.165) is 0 Å². The highest BCUT2D eigenvalue weighted by atomic mass is 16.6. The first kappa shape index (κ1) is 19.7. The van der Waals surface area contributed by atoms with Crippen molar-refractivity contribution in [2.24, 2.45) is 5.92 Å². The summed E-state index contributed by atoms with van der Waals surface area (Å²) in [7, 11) is 1.29. The van der Waals surface area contributed by atoms with Crippen molar-refractivity contribution < 1.29 is 28.6 Å². The molecule has 0 saturated carbocycles. The number of nitrogens with one attached hydrogen (secondary N) is 1. The molecule has 1 N–H and O–H groups in total. The molecule has 1 saturated heterocycles. The Morgan fingerprint density at radius 1 is 1.25 bits per heavy atom. The second-order valence-corrected chi connectivity index (χ2v) is 5.41. The maximum absolute atomic E-state index is 12.3. The molecule has 134 valence electrons. The predicted octanol–water partition coefficient (Wildman–Crippen LogP) is 1.48. The smallest absolute Gasteiger partial charge is 0.347 e. The lowest BCUT2D eigenvalue weighted by Gasteiger charge is -2.31. The van der Waals surface area contributed by atoms with Gasteiger partial charge in [-0.05, 0) is 26.7 Å². The van der Waals surface area contributed by atoms with Gasteiger partial charge in [-0.2, -0.15) is 0 Å². The molecule has 0 bridgehead atoms. The molecule has 1 aliphatic rings. The number of ether oxygens (including phenoxy) is 3. The highest BCUT2D eigenvalue weighted by Gasteiger charge is 2.49. The molecular weight excluding hydrogens is 314 g/mol. The van der Waals surface area contributed by atoms with Gasteiger partial charge in [0.25, 0.3) is 0 Å². The topological polar surface area (TPSA) is 90.9 Å². The summed E-state index contributed by atoms with van der Waals surface area (Å²) in [6.45, 7) is 9.07. The second kappa shape index (κ2) is 8.52. The zero-order valence-electron chi connectivity index (χ0n) is 14.6. The van der Waals surface area contributed by atoms with Crippen LogP contribution in [0.2, 0.25) is 0 Å². The maximum atomic E-state index is 12.3. The third-order valence-corrected chi connectivity index (χ3v) is 4.08. The van der Waals surface area contributed by atoms with E-state index in [4.69, 9.17) is 14.2 Å². The molecule has 2 atom stereocenters. The molecule has 7 heteroatoms. The molecule has 1 rings (SSSR count). The average molecular weight is 339 g/mol. The predicted molar refractivity (Wildman–Crippen MR) is 86.8 cm³/mol. The minimum absolute atomic E-state index is 0.125. The standard InChI is InChI=1S/C17H25NO6/c1-6-11(4)17(16(21)22-5)10-9-12(18-17)13(14(19)23-7-2)15(20)24-8-3/h6,11,18H,1,7-10H2,2-5H3/t11-,17+/m0/s1. The molecule has 0 amide bonds. The van der Waals surface area contributed by atoms with E-state index in [-0.39, 0.29) is 24.7 Å². The summed E-state index contributed by atoms with van der Waals surface area (Å²) in [4.78, 5) is 36.7. The number of hydrogen-bond donors (Lipinski definition) is 1. The van der Waals surface area contributed by atoms with Gasteiger partial charge in [0.1, 0.15) is 5.54 Å². The minimum Gasteiger partial charge on any atom is -0.467 e. The number of methoxy groups -OCH3 is 1. The van der Waals surface area contributed by atoms with E-state index in [2.05, 4.69) is 11.9 Å². The van der Waals surface area contributed by atoms with Crippen molar-refractivity contribution in [2.45, 2.75) is 39.2 Å². The van der Waals surface area contributed by atoms with Crippen LogP contribution in [0.3, 0.4) is 0 Å². The van der Waals surface area contributed by atoms with Crippen molar-refractivity contribution in [3.05, 3.63) is 23.9 Å². The lowest BCUT2D eigenvalue weighted by molar-refractivity contribution is -0.150. The van der Waals surface area contributed by atoms with Crippen LogP contribution < -0.4 is 5.32 Å². The van der Waals surface area contributed by atoms with Gasteiger partial charge in [0.2, 0.25) is 0 Å². The molecule has 0 radical (unpaired) electrons. The quantitative estimate of drug-likeness (QED) is 0.188. The summed E-state index contributed by atoms with van der Waals surface area (Å²) in [6, 6.07) is 0. The zero-order valence-corrected chi connectivity index (χ0v) is 14.6. The lowest BCUT2D eigenvalue weighted by Crippen LogP contribution is -2.52. The largest absolute Gasteiger partial charge is 0.467 e. The minimum atomic E-state index is -1.07. The van der Waals surface area contributed by atoms with E-state index in [0.29, 0.717) is 18.5 Å². The first-order valence-corrected chi connectivity index (χ1v) is 7.94. The Morgan fingerprint density at radius 2 is 1.79 bits per heavy atom. The van der Waals surface area contributed by atoms with Gasteiger partial charge in [-0.15, -0.1) is 6.58 Å². The first-order chi connectivity index (χ1) is 11.4. The molecule has 0 aliphatic carbocycles. The summed E-state index contributed by atoms with van der Waals surface area (Å²) in [5, 5.41) is 3.02. The van der Waals surface area contributed by atoms with Crippen LogP contribution in [0, 0.1) is 5.92 Å². The SMILES string of the molecule is C=C[C@H](C)[C@@]1(C(=O)OC)CCC(=C(C(=O)OCC)C(=O)OCC)N1. The van der Waals surface area contributed by atoms with Crippen molar-refractivity contribution in [2.75, 3.05) is 20.3 Å². The van der Waals surface area contributed by atoms with Crippen molar-refractivity contribution in [3.8, 4) is 0 Å². The van der Waals surface area contributed by atoms with Crippen LogP contribution in [-0.2, 0) is 28.6 Å². The first-order valence-electron chi connectivity index (χ1n) is 7.94. The van der Waals surface area contributed by atoms with E-state index in [1.807, 2.05) is 6.92 Å². The second-order valence-electron chi connectivity index (χ2n) is 5.41. The maximum Gasteiger partial charge on any atom is 0.347 e. The summed E-state index contributed by atoms with van der Waals surface area (Å²) in [5.41, 5.74) is -0.956. The summed E-state index contributed by atoms with van der Waals surface area (Å²) >= 11 is 0. The molecule has 1 aliphatic heterocycles. The zero-order chi connectivity index (χ0) is 18.3. The van der Waals surface area contributed by atoms with Gasteiger partial charge in [0.05, 0.1) is 20.3 Å². The van der Waals surface area contributed by atoms with Crippen LogP contribution >= 0.6 is 0 Å². The van der Waals surface area contributed by atoms with Crippen LogP contribution in [0.15, 0.2) is 23.9 Å². The normalized spacial score (nSPS) is 20.6. The fourth-order valence-corrected chi connectivity index (χ4v) is 2.70. The van der Waals surface area contributed by atoms with E-state index in [1.54, 1.807) is 19.9 Å². The van der Waals surface area contributed by atoms with Gasteiger partial charge in [-0.3, -0.25) is 0 Å².